The number of hydrogen-bond donors (Lipinski definition) is 14. The van der Waals surface area contributed by atoms with Crippen molar-refractivity contribution in [2.75, 3.05) is 32.7 Å². The number of aliphatic imine (C=N–C) groups is 2. The Hall–Kier alpha value is -5.82. The van der Waals surface area contributed by atoms with E-state index in [0.29, 0.717) is 45.2 Å². The molecule has 7 amide bonds. The summed E-state index contributed by atoms with van der Waals surface area (Å²) >= 11 is 0. The zero-order valence-corrected chi connectivity index (χ0v) is 38.7. The number of nitrogens with one attached hydrogen (secondary N) is 7. The number of carboxylic acids is 1. The van der Waals surface area contributed by atoms with Crippen LogP contribution in [0.25, 0.3) is 0 Å². The number of guanidine groups is 2. The van der Waals surface area contributed by atoms with Gasteiger partial charge in [0.25, 0.3) is 0 Å². The summed E-state index contributed by atoms with van der Waals surface area (Å²) in [7, 11) is 0. The van der Waals surface area contributed by atoms with Gasteiger partial charge in [0.05, 0.1) is 12.1 Å². The van der Waals surface area contributed by atoms with Crippen molar-refractivity contribution in [2.24, 2.45) is 44.6 Å². The molecule has 0 radical (unpaired) electrons. The first-order valence-corrected chi connectivity index (χ1v) is 22.7. The number of carbonyl (C=O) groups is 8. The third kappa shape index (κ3) is 19.7. The average Bonchev–Trinajstić information content (AvgIpc) is 3.97. The molecule has 25 heteroatoms. The molecule has 19 N–H and O–H groups in total. The molecule has 25 nitrogen and oxygen atoms in total. The van der Waals surface area contributed by atoms with Crippen LogP contribution in [-0.2, 0) is 38.4 Å². The van der Waals surface area contributed by atoms with Crippen molar-refractivity contribution in [1.82, 2.24) is 42.1 Å². The second-order valence-corrected chi connectivity index (χ2v) is 17.2. The number of nitrogens with zero attached hydrogens (tertiary/aromatic N) is 3. The highest BCUT2D eigenvalue weighted by Gasteiger charge is 2.39. The van der Waals surface area contributed by atoms with E-state index in [-0.39, 0.29) is 81.9 Å². The molecule has 374 valence electrons. The minimum absolute atomic E-state index is 0.0545. The summed E-state index contributed by atoms with van der Waals surface area (Å²) in [5.41, 5.74) is 27.4. The number of carboxylic acid groups (broad SMARTS) is 1. The normalized spacial score (nSPS) is 18.9. The largest absolute Gasteiger partial charge is 0.480 e. The minimum atomic E-state index is -1.62. The van der Waals surface area contributed by atoms with Gasteiger partial charge in [0.2, 0.25) is 41.4 Å². The summed E-state index contributed by atoms with van der Waals surface area (Å²) in [5, 5.41) is 39.2. The number of amides is 7. The van der Waals surface area contributed by atoms with Crippen LogP contribution in [-0.4, -0.2) is 162 Å². The van der Waals surface area contributed by atoms with E-state index < -0.39 is 95.9 Å². The van der Waals surface area contributed by atoms with Crippen molar-refractivity contribution < 1.29 is 48.6 Å². The van der Waals surface area contributed by atoms with Crippen LogP contribution in [0.3, 0.4) is 0 Å². The van der Waals surface area contributed by atoms with Crippen molar-refractivity contribution in [3.8, 4) is 0 Å². The number of rotatable bonds is 29. The summed E-state index contributed by atoms with van der Waals surface area (Å²) < 4.78 is 0. The number of aliphatic hydroxyl groups is 1. The highest BCUT2D eigenvalue weighted by molar-refractivity contribution is 5.97. The Bertz CT molecular complexity index is 1700. The van der Waals surface area contributed by atoms with Gasteiger partial charge in [-0.3, -0.25) is 43.5 Å². The van der Waals surface area contributed by atoms with Gasteiger partial charge >= 0.3 is 5.97 Å². The molecule has 0 bridgehead atoms. The van der Waals surface area contributed by atoms with Crippen LogP contribution >= 0.6 is 0 Å². The maximum atomic E-state index is 13.8. The molecule has 0 saturated carbocycles. The fourth-order valence-corrected chi connectivity index (χ4v) is 7.54. The smallest absolute Gasteiger partial charge is 0.326 e. The fourth-order valence-electron chi connectivity index (χ4n) is 7.54. The number of carbonyl (C=O) groups excluding carboxylic acids is 7. The van der Waals surface area contributed by atoms with Crippen molar-refractivity contribution >= 4 is 59.2 Å². The monoisotopic (exact) mass is 938 g/mol. The molecular weight excluding hydrogens is 863 g/mol. The van der Waals surface area contributed by atoms with Gasteiger partial charge < -0.3 is 81.0 Å². The van der Waals surface area contributed by atoms with Gasteiger partial charge in [-0.1, -0.05) is 13.8 Å². The number of aliphatic carboxylic acids is 1. The lowest BCUT2D eigenvalue weighted by Crippen LogP contribution is -2.61. The number of likely N-dealkylation sites (tertiary alicyclic amines) is 1. The van der Waals surface area contributed by atoms with Gasteiger partial charge in [0.1, 0.15) is 42.3 Å². The van der Waals surface area contributed by atoms with Crippen molar-refractivity contribution in [3.63, 3.8) is 0 Å². The molecule has 0 spiro atoms. The fraction of sp³-hybridized carbons (Fsp3) is 0.756. The second kappa shape index (κ2) is 29.0. The first-order chi connectivity index (χ1) is 31.2. The van der Waals surface area contributed by atoms with E-state index in [4.69, 9.17) is 28.7 Å². The van der Waals surface area contributed by atoms with E-state index in [2.05, 4.69) is 47.2 Å². The van der Waals surface area contributed by atoms with E-state index >= 15 is 0 Å². The Morgan fingerprint density at radius 3 is 1.76 bits per heavy atom. The Kier molecular flexibility index (Phi) is 24.7. The summed E-state index contributed by atoms with van der Waals surface area (Å²) in [6.07, 6.45) is 2.41. The van der Waals surface area contributed by atoms with E-state index in [1.54, 1.807) is 13.8 Å². The van der Waals surface area contributed by atoms with Crippen LogP contribution in [0.15, 0.2) is 9.98 Å². The summed E-state index contributed by atoms with van der Waals surface area (Å²) in [4.78, 5) is 116. The van der Waals surface area contributed by atoms with Crippen molar-refractivity contribution in [3.05, 3.63) is 0 Å². The standard InChI is InChI=1S/C41H75N15O10/c1-22(2)21-29(36(62)53-28(14-9-19-49-41(45)46)38(64)56-20-10-15-30(56)39(65)66)54-32(58)23(3)50-37(63)31(24(4)57)55-35(61)26(11-5-6-16-42)52-34(60)27(13-8-18-48-40(43)44)51-33(59)25-12-7-17-47-25/h22-31,47,57H,5-21,42H2,1-4H3,(H,50,63)(H,51,59)(H,52,60)(H,53,62)(H,54,58)(H,55,61)(H,65,66)(H4,43,44,48)(H4,45,46,49)/t23-,24+,25-,26-,27-,28-,29-,30-,31-/m0/s1. The molecule has 0 aromatic carbocycles. The van der Waals surface area contributed by atoms with Gasteiger partial charge in [-0.15, -0.1) is 0 Å². The predicted molar refractivity (Wildman–Crippen MR) is 245 cm³/mol. The summed E-state index contributed by atoms with van der Waals surface area (Å²) in [6.45, 7) is 7.61. The van der Waals surface area contributed by atoms with E-state index in [1.165, 1.54) is 18.7 Å². The van der Waals surface area contributed by atoms with Crippen LogP contribution in [0.4, 0.5) is 0 Å². The van der Waals surface area contributed by atoms with Crippen LogP contribution in [0.1, 0.15) is 105 Å². The third-order valence-electron chi connectivity index (χ3n) is 11.1. The number of unbranched alkanes of at least 4 members (excludes halogenated alkanes) is 1. The number of hydrogen-bond acceptors (Lipinski definition) is 13. The quantitative estimate of drug-likeness (QED) is 0.0191. The first-order valence-electron chi connectivity index (χ1n) is 22.7. The summed E-state index contributed by atoms with van der Waals surface area (Å²) in [6, 6.07) is -9.20. The third-order valence-corrected chi connectivity index (χ3v) is 11.1. The number of nitrogens with two attached hydrogens (primary N) is 5. The van der Waals surface area contributed by atoms with Crippen LogP contribution in [0.2, 0.25) is 0 Å². The molecule has 2 saturated heterocycles. The zero-order chi connectivity index (χ0) is 49.5. The van der Waals surface area contributed by atoms with Gasteiger partial charge in [-0.05, 0) is 110 Å². The number of aliphatic hydroxyl groups excluding tert-OH is 1. The molecule has 0 aromatic heterocycles. The van der Waals surface area contributed by atoms with Crippen LogP contribution in [0, 0.1) is 5.92 Å². The minimum Gasteiger partial charge on any atom is -0.480 e. The molecule has 9 atom stereocenters. The molecular formula is C41H75N15O10. The molecule has 2 aliphatic heterocycles. The van der Waals surface area contributed by atoms with E-state index in [0.717, 1.165) is 6.42 Å². The topological polar surface area (TPSA) is 419 Å². The van der Waals surface area contributed by atoms with E-state index in [9.17, 15) is 48.6 Å². The average molecular weight is 938 g/mol. The first kappa shape index (κ1) is 56.3. The lowest BCUT2D eigenvalue weighted by molar-refractivity contribution is -0.149. The lowest BCUT2D eigenvalue weighted by atomic mass is 10.0. The molecule has 0 unspecified atom stereocenters. The van der Waals surface area contributed by atoms with E-state index in [1.807, 2.05) is 0 Å². The lowest BCUT2D eigenvalue weighted by Gasteiger charge is -2.29. The SMILES string of the molecule is CC(C)C[C@H](NC(=O)[C@H](C)NC(=O)[C@@H](NC(=O)[C@H](CCCCN)NC(=O)[C@H](CCCN=C(N)N)NC(=O)[C@@H]1CCCN1)[C@@H](C)O)C(=O)N[C@@H](CCCN=C(N)N)C(=O)N1CCC[C@H]1C(=O)O. The maximum Gasteiger partial charge on any atom is 0.326 e. The molecule has 0 aromatic rings. The zero-order valence-electron chi connectivity index (χ0n) is 38.7. The van der Waals surface area contributed by atoms with Crippen molar-refractivity contribution in [1.29, 1.82) is 0 Å². The van der Waals surface area contributed by atoms with Crippen LogP contribution in [0.5, 0.6) is 0 Å². The van der Waals surface area contributed by atoms with Gasteiger partial charge in [-0.2, -0.15) is 0 Å². The highest BCUT2D eigenvalue weighted by atomic mass is 16.4. The van der Waals surface area contributed by atoms with Crippen molar-refractivity contribution in [2.45, 2.75) is 159 Å². The van der Waals surface area contributed by atoms with Gasteiger partial charge in [0.15, 0.2) is 11.9 Å². The Morgan fingerprint density at radius 2 is 1.21 bits per heavy atom. The molecule has 2 aliphatic rings. The molecule has 2 heterocycles. The predicted octanol–water partition coefficient (Wildman–Crippen LogP) is -4.59. The molecule has 66 heavy (non-hydrogen) atoms. The molecule has 0 aliphatic carbocycles. The molecule has 2 fully saturated rings. The van der Waals surface area contributed by atoms with Crippen LogP contribution < -0.4 is 65.9 Å². The Morgan fingerprint density at radius 1 is 0.667 bits per heavy atom. The summed E-state index contributed by atoms with van der Waals surface area (Å²) in [5.74, 6) is -6.63. The second-order valence-electron chi connectivity index (χ2n) is 17.2. The van der Waals surface area contributed by atoms with Gasteiger partial charge in [0, 0.05) is 19.6 Å². The highest BCUT2D eigenvalue weighted by Crippen LogP contribution is 2.20. The maximum absolute atomic E-state index is 13.8. The molecule has 2 rings (SSSR count). The Labute approximate surface area is 385 Å². The Balaban J connectivity index is 2.22. The van der Waals surface area contributed by atoms with Gasteiger partial charge in [-0.25, -0.2) is 4.79 Å².